The maximum absolute atomic E-state index is 12.4. The molecule has 0 atom stereocenters. The quantitative estimate of drug-likeness (QED) is 0.499. The molecule has 3 aromatic rings. The normalized spacial score (nSPS) is 10.4. The smallest absolute Gasteiger partial charge is 0.338 e. The van der Waals surface area contributed by atoms with Crippen molar-refractivity contribution in [2.75, 3.05) is 13.7 Å². The molecule has 5 heteroatoms. The molecule has 0 heterocycles. The molecular weight excluding hydrogens is 390 g/mol. The molecular formula is C26H27NO4. The summed E-state index contributed by atoms with van der Waals surface area (Å²) in [7, 11) is 1.70. The highest BCUT2D eigenvalue weighted by molar-refractivity contribution is 5.91. The fourth-order valence-corrected chi connectivity index (χ4v) is 3.12. The number of aryl methyl sites for hydroxylation is 2. The predicted octanol–water partition coefficient (Wildman–Crippen LogP) is 4.70. The molecule has 0 saturated carbocycles. The molecule has 0 bridgehead atoms. The summed E-state index contributed by atoms with van der Waals surface area (Å²) in [5.74, 6) is -0.135. The second kappa shape index (κ2) is 10.4. The molecule has 0 N–H and O–H groups in total. The zero-order chi connectivity index (χ0) is 22.2. The van der Waals surface area contributed by atoms with E-state index in [9.17, 15) is 9.59 Å². The van der Waals surface area contributed by atoms with E-state index in [0.717, 1.165) is 16.7 Å². The van der Waals surface area contributed by atoms with Crippen molar-refractivity contribution in [3.05, 3.63) is 101 Å². The topological polar surface area (TPSA) is 55.8 Å². The van der Waals surface area contributed by atoms with Gasteiger partial charge in [0.2, 0.25) is 0 Å². The fourth-order valence-electron chi connectivity index (χ4n) is 3.12. The second-order valence-electron chi connectivity index (χ2n) is 7.55. The Morgan fingerprint density at radius 1 is 0.903 bits per heavy atom. The van der Waals surface area contributed by atoms with Gasteiger partial charge in [0.25, 0.3) is 5.91 Å². The van der Waals surface area contributed by atoms with Crippen molar-refractivity contribution in [2.45, 2.75) is 27.0 Å². The largest absolute Gasteiger partial charge is 0.489 e. The molecule has 0 fully saturated rings. The van der Waals surface area contributed by atoms with Crippen molar-refractivity contribution in [3.8, 4) is 5.75 Å². The van der Waals surface area contributed by atoms with Gasteiger partial charge in [-0.1, -0.05) is 54.1 Å². The number of hydrogen-bond donors (Lipinski definition) is 0. The Bertz CT molecular complexity index is 1030. The van der Waals surface area contributed by atoms with E-state index in [4.69, 9.17) is 9.47 Å². The molecule has 0 aromatic heterocycles. The molecule has 0 aliphatic carbocycles. The molecule has 5 nitrogen and oxygen atoms in total. The number of carbonyl (C=O) groups excluding carboxylic acids is 2. The highest BCUT2D eigenvalue weighted by Crippen LogP contribution is 2.16. The monoisotopic (exact) mass is 417 g/mol. The van der Waals surface area contributed by atoms with Gasteiger partial charge in [0.05, 0.1) is 5.56 Å². The minimum absolute atomic E-state index is 0.254. The molecule has 3 aromatic carbocycles. The van der Waals surface area contributed by atoms with Crippen LogP contribution in [0.5, 0.6) is 5.75 Å². The van der Waals surface area contributed by atoms with Gasteiger partial charge in [-0.15, -0.1) is 0 Å². The first-order chi connectivity index (χ1) is 14.9. The van der Waals surface area contributed by atoms with Crippen LogP contribution in [0, 0.1) is 13.8 Å². The summed E-state index contributed by atoms with van der Waals surface area (Å²) in [6.45, 7) is 4.68. The predicted molar refractivity (Wildman–Crippen MR) is 120 cm³/mol. The van der Waals surface area contributed by atoms with E-state index in [1.807, 2.05) is 56.3 Å². The van der Waals surface area contributed by atoms with Crippen LogP contribution in [0.15, 0.2) is 72.8 Å². The number of hydrogen-bond acceptors (Lipinski definition) is 4. The molecule has 0 radical (unpaired) electrons. The molecule has 31 heavy (non-hydrogen) atoms. The van der Waals surface area contributed by atoms with Gasteiger partial charge in [-0.05, 0) is 54.8 Å². The third-order valence-electron chi connectivity index (χ3n) is 5.00. The third-order valence-corrected chi connectivity index (χ3v) is 5.00. The third kappa shape index (κ3) is 6.44. The van der Waals surface area contributed by atoms with Gasteiger partial charge in [0.1, 0.15) is 12.4 Å². The van der Waals surface area contributed by atoms with Gasteiger partial charge < -0.3 is 14.4 Å². The van der Waals surface area contributed by atoms with Gasteiger partial charge in [-0.2, -0.15) is 0 Å². The van der Waals surface area contributed by atoms with Crippen LogP contribution in [0.3, 0.4) is 0 Å². The van der Waals surface area contributed by atoms with Crippen molar-refractivity contribution in [3.63, 3.8) is 0 Å². The fraction of sp³-hybridized carbons (Fsp3) is 0.231. The Labute approximate surface area is 183 Å². The van der Waals surface area contributed by atoms with Crippen LogP contribution in [-0.4, -0.2) is 30.4 Å². The zero-order valence-electron chi connectivity index (χ0n) is 18.1. The molecule has 0 spiro atoms. The van der Waals surface area contributed by atoms with E-state index in [1.54, 1.807) is 36.2 Å². The number of rotatable bonds is 8. The van der Waals surface area contributed by atoms with Gasteiger partial charge >= 0.3 is 5.97 Å². The summed E-state index contributed by atoms with van der Waals surface area (Å²) in [5.41, 5.74) is 4.82. The molecule has 0 aliphatic heterocycles. The number of ether oxygens (including phenoxy) is 2. The van der Waals surface area contributed by atoms with Crippen molar-refractivity contribution in [2.24, 2.45) is 0 Å². The number of likely N-dealkylation sites (N-methyl/N-ethyl adjacent to an activating group) is 1. The minimum atomic E-state index is -0.539. The van der Waals surface area contributed by atoms with E-state index in [2.05, 4.69) is 6.07 Å². The molecule has 0 saturated heterocycles. The van der Waals surface area contributed by atoms with Crippen molar-refractivity contribution in [1.29, 1.82) is 0 Å². The van der Waals surface area contributed by atoms with Gasteiger partial charge in [-0.3, -0.25) is 4.79 Å². The lowest BCUT2D eigenvalue weighted by atomic mass is 10.1. The van der Waals surface area contributed by atoms with E-state index in [1.165, 1.54) is 5.56 Å². The maximum atomic E-state index is 12.4. The van der Waals surface area contributed by atoms with E-state index in [0.29, 0.717) is 24.5 Å². The molecule has 3 rings (SSSR count). The Morgan fingerprint density at radius 2 is 1.61 bits per heavy atom. The van der Waals surface area contributed by atoms with Crippen LogP contribution in [-0.2, 0) is 22.7 Å². The average molecular weight is 418 g/mol. The van der Waals surface area contributed by atoms with Crippen LogP contribution >= 0.6 is 0 Å². The number of nitrogens with zero attached hydrogens (tertiary/aromatic N) is 1. The molecule has 1 amide bonds. The van der Waals surface area contributed by atoms with E-state index < -0.39 is 5.97 Å². The summed E-state index contributed by atoms with van der Waals surface area (Å²) >= 11 is 0. The number of benzene rings is 3. The lowest BCUT2D eigenvalue weighted by molar-refractivity contribution is -0.133. The Balaban J connectivity index is 1.47. The lowest BCUT2D eigenvalue weighted by Gasteiger charge is -2.18. The van der Waals surface area contributed by atoms with Crippen molar-refractivity contribution in [1.82, 2.24) is 4.90 Å². The van der Waals surface area contributed by atoms with Crippen LogP contribution in [0.2, 0.25) is 0 Å². The SMILES string of the molecule is Cc1ccc(CN(C)C(=O)COC(=O)c2ccc(OCc3ccccc3)cc2)c(C)c1. The summed E-state index contributed by atoms with van der Waals surface area (Å²) in [5, 5.41) is 0. The lowest BCUT2D eigenvalue weighted by Crippen LogP contribution is -2.31. The second-order valence-corrected chi connectivity index (χ2v) is 7.55. The Morgan fingerprint density at radius 3 is 2.29 bits per heavy atom. The summed E-state index contributed by atoms with van der Waals surface area (Å²) < 4.78 is 10.9. The van der Waals surface area contributed by atoms with Crippen LogP contribution in [0.4, 0.5) is 0 Å². The Kier molecular flexibility index (Phi) is 7.44. The van der Waals surface area contributed by atoms with E-state index >= 15 is 0 Å². The minimum Gasteiger partial charge on any atom is -0.489 e. The van der Waals surface area contributed by atoms with Crippen LogP contribution < -0.4 is 4.74 Å². The van der Waals surface area contributed by atoms with Crippen LogP contribution in [0.25, 0.3) is 0 Å². The average Bonchev–Trinajstić information content (AvgIpc) is 2.78. The summed E-state index contributed by atoms with van der Waals surface area (Å²) in [6, 6.07) is 22.7. The Hall–Kier alpha value is -3.60. The highest BCUT2D eigenvalue weighted by atomic mass is 16.5. The van der Waals surface area contributed by atoms with E-state index in [-0.39, 0.29) is 12.5 Å². The highest BCUT2D eigenvalue weighted by Gasteiger charge is 2.15. The number of esters is 1. The first-order valence-corrected chi connectivity index (χ1v) is 10.2. The van der Waals surface area contributed by atoms with Crippen LogP contribution in [0.1, 0.15) is 32.6 Å². The number of carbonyl (C=O) groups is 2. The van der Waals surface area contributed by atoms with Gasteiger partial charge in [0.15, 0.2) is 6.61 Å². The molecule has 0 aliphatic rings. The summed E-state index contributed by atoms with van der Waals surface area (Å²) in [4.78, 5) is 26.2. The standard InChI is InChI=1S/C26H27NO4/c1-19-9-10-23(20(2)15-19)16-27(3)25(28)18-31-26(29)22-11-13-24(14-12-22)30-17-21-7-5-4-6-8-21/h4-15H,16-18H2,1-3H3. The van der Waals surface area contributed by atoms with Gasteiger partial charge in [-0.25, -0.2) is 4.79 Å². The zero-order valence-corrected chi connectivity index (χ0v) is 18.1. The first-order valence-electron chi connectivity index (χ1n) is 10.2. The van der Waals surface area contributed by atoms with Crippen molar-refractivity contribution < 1.29 is 19.1 Å². The van der Waals surface area contributed by atoms with Gasteiger partial charge in [0, 0.05) is 13.6 Å². The van der Waals surface area contributed by atoms with Crippen molar-refractivity contribution >= 4 is 11.9 Å². The first kappa shape index (κ1) is 22.1. The molecule has 0 unspecified atom stereocenters. The summed E-state index contributed by atoms with van der Waals surface area (Å²) in [6.07, 6.45) is 0. The number of amides is 1. The molecule has 160 valence electrons. The maximum Gasteiger partial charge on any atom is 0.338 e.